The smallest absolute Gasteiger partial charge is 0.408 e. The summed E-state index contributed by atoms with van der Waals surface area (Å²) in [5.41, 5.74) is 0.397. The minimum absolute atomic E-state index is 0.0666. The first-order chi connectivity index (χ1) is 11.7. The molecule has 0 aliphatic carbocycles. The number of piperazine rings is 1. The maximum atomic E-state index is 13.0. The molecule has 138 valence electrons. The van der Waals surface area contributed by atoms with E-state index in [4.69, 9.17) is 4.74 Å². The predicted octanol–water partition coefficient (Wildman–Crippen LogP) is 1.94. The third-order valence-electron chi connectivity index (χ3n) is 3.95. The van der Waals surface area contributed by atoms with Crippen LogP contribution in [0.5, 0.6) is 0 Å². The van der Waals surface area contributed by atoms with Crippen LogP contribution >= 0.6 is 0 Å². The van der Waals surface area contributed by atoms with Crippen LogP contribution in [0.3, 0.4) is 0 Å². The molecule has 1 heterocycles. The molecule has 0 radical (unpaired) electrons. The fraction of sp³-hybridized carbons (Fsp3) is 0.579. The zero-order chi connectivity index (χ0) is 18.4. The highest BCUT2D eigenvalue weighted by molar-refractivity contribution is 5.86. The number of hydrogen-bond acceptors (Lipinski definition) is 4. The Hall–Kier alpha value is -2.08. The lowest BCUT2D eigenvalue weighted by Gasteiger charge is -2.34. The molecular weight excluding hydrogens is 318 g/mol. The van der Waals surface area contributed by atoms with Gasteiger partial charge in [-0.25, -0.2) is 4.79 Å². The fourth-order valence-electron chi connectivity index (χ4n) is 2.85. The Morgan fingerprint density at radius 1 is 1.32 bits per heavy atom. The van der Waals surface area contributed by atoms with E-state index in [9.17, 15) is 9.59 Å². The second-order valence-electron chi connectivity index (χ2n) is 7.53. The summed E-state index contributed by atoms with van der Waals surface area (Å²) in [5.74, 6) is -0.0666. The number of benzene rings is 1. The van der Waals surface area contributed by atoms with E-state index in [1.165, 1.54) is 0 Å². The molecule has 1 aromatic rings. The van der Waals surface area contributed by atoms with Gasteiger partial charge < -0.3 is 20.3 Å². The van der Waals surface area contributed by atoms with Crippen LogP contribution in [0.1, 0.15) is 33.3 Å². The molecular formula is C19H29N3O3. The van der Waals surface area contributed by atoms with E-state index >= 15 is 0 Å². The standard InChI is InChI=1S/C19H29N3O3/c1-14-13-22(11-10-20-14)17(23)16(12-15-8-6-5-7-9-15)21-18(24)25-19(2,3)4/h5-9,14,16,20H,10-13H2,1-4H3,(H,21,24). The molecule has 6 heteroatoms. The molecule has 2 N–H and O–H groups in total. The number of nitrogens with zero attached hydrogens (tertiary/aromatic N) is 1. The Morgan fingerprint density at radius 2 is 2.00 bits per heavy atom. The van der Waals surface area contributed by atoms with Crippen molar-refractivity contribution in [3.05, 3.63) is 35.9 Å². The van der Waals surface area contributed by atoms with Gasteiger partial charge >= 0.3 is 6.09 Å². The summed E-state index contributed by atoms with van der Waals surface area (Å²) < 4.78 is 5.33. The highest BCUT2D eigenvalue weighted by Gasteiger charge is 2.30. The average Bonchev–Trinajstić information content (AvgIpc) is 2.53. The maximum absolute atomic E-state index is 13.0. The third-order valence-corrected chi connectivity index (χ3v) is 3.95. The molecule has 2 amide bonds. The van der Waals surface area contributed by atoms with Crippen molar-refractivity contribution in [2.24, 2.45) is 0 Å². The molecule has 0 aromatic heterocycles. The molecule has 2 rings (SSSR count). The molecule has 0 spiro atoms. The third kappa shape index (κ3) is 6.38. The molecule has 2 unspecified atom stereocenters. The molecule has 1 fully saturated rings. The summed E-state index contributed by atoms with van der Waals surface area (Å²) in [6.45, 7) is 9.50. The van der Waals surface area contributed by atoms with Gasteiger partial charge in [0.15, 0.2) is 0 Å². The minimum atomic E-state index is -0.637. The van der Waals surface area contributed by atoms with E-state index in [-0.39, 0.29) is 11.9 Å². The highest BCUT2D eigenvalue weighted by atomic mass is 16.6. The first-order valence-electron chi connectivity index (χ1n) is 8.80. The van der Waals surface area contributed by atoms with Gasteiger partial charge in [-0.1, -0.05) is 30.3 Å². The van der Waals surface area contributed by atoms with Crippen LogP contribution in [0.15, 0.2) is 30.3 Å². The van der Waals surface area contributed by atoms with Crippen molar-refractivity contribution in [3.63, 3.8) is 0 Å². The maximum Gasteiger partial charge on any atom is 0.408 e. The van der Waals surface area contributed by atoms with Gasteiger partial charge in [-0.2, -0.15) is 0 Å². The fourth-order valence-corrected chi connectivity index (χ4v) is 2.85. The number of carbonyl (C=O) groups is 2. The topological polar surface area (TPSA) is 70.7 Å². The number of ether oxygens (including phenoxy) is 1. The van der Waals surface area contributed by atoms with Gasteiger partial charge in [0.05, 0.1) is 0 Å². The lowest BCUT2D eigenvalue weighted by atomic mass is 10.0. The van der Waals surface area contributed by atoms with Gasteiger partial charge in [0.1, 0.15) is 11.6 Å². The van der Waals surface area contributed by atoms with Crippen LogP contribution in [0.2, 0.25) is 0 Å². The van der Waals surface area contributed by atoms with Crippen molar-refractivity contribution >= 4 is 12.0 Å². The molecule has 0 saturated carbocycles. The molecule has 1 aromatic carbocycles. The Kier molecular flexibility index (Phi) is 6.42. The number of carbonyl (C=O) groups excluding carboxylic acids is 2. The Morgan fingerprint density at radius 3 is 2.60 bits per heavy atom. The predicted molar refractivity (Wildman–Crippen MR) is 97.3 cm³/mol. The largest absolute Gasteiger partial charge is 0.444 e. The summed E-state index contributed by atoms with van der Waals surface area (Å²) in [7, 11) is 0. The Labute approximate surface area is 149 Å². The van der Waals surface area contributed by atoms with Gasteiger partial charge in [0.25, 0.3) is 0 Å². The van der Waals surface area contributed by atoms with E-state index in [0.717, 1.165) is 12.1 Å². The monoisotopic (exact) mass is 347 g/mol. The van der Waals surface area contributed by atoms with E-state index in [1.807, 2.05) is 42.2 Å². The summed E-state index contributed by atoms with van der Waals surface area (Å²) in [5, 5.41) is 6.08. The number of alkyl carbamates (subject to hydrolysis) is 1. The van der Waals surface area contributed by atoms with E-state index < -0.39 is 17.7 Å². The van der Waals surface area contributed by atoms with Gasteiger partial charge in [-0.3, -0.25) is 4.79 Å². The molecule has 6 nitrogen and oxygen atoms in total. The minimum Gasteiger partial charge on any atom is -0.444 e. The number of rotatable bonds is 4. The van der Waals surface area contributed by atoms with Crippen LogP contribution in [0, 0.1) is 0 Å². The molecule has 1 aliphatic heterocycles. The van der Waals surface area contributed by atoms with Crippen molar-refractivity contribution in [1.82, 2.24) is 15.5 Å². The summed E-state index contributed by atoms with van der Waals surface area (Å²) in [6, 6.07) is 9.31. The number of hydrogen-bond donors (Lipinski definition) is 2. The first-order valence-corrected chi connectivity index (χ1v) is 8.80. The molecule has 1 saturated heterocycles. The lowest BCUT2D eigenvalue weighted by molar-refractivity contribution is -0.134. The first kappa shape index (κ1) is 19.2. The van der Waals surface area contributed by atoms with Crippen LogP contribution in [-0.4, -0.2) is 54.2 Å². The molecule has 0 bridgehead atoms. The molecule has 25 heavy (non-hydrogen) atoms. The zero-order valence-electron chi connectivity index (χ0n) is 15.5. The summed E-state index contributed by atoms with van der Waals surface area (Å²) in [6.07, 6.45) is -0.123. The van der Waals surface area contributed by atoms with Crippen LogP contribution < -0.4 is 10.6 Å². The quantitative estimate of drug-likeness (QED) is 0.873. The van der Waals surface area contributed by atoms with Gasteiger partial charge in [-0.15, -0.1) is 0 Å². The number of amides is 2. The second-order valence-corrected chi connectivity index (χ2v) is 7.53. The Bertz CT molecular complexity index is 583. The van der Waals surface area contributed by atoms with E-state index in [1.54, 1.807) is 20.8 Å². The van der Waals surface area contributed by atoms with E-state index in [0.29, 0.717) is 19.5 Å². The highest BCUT2D eigenvalue weighted by Crippen LogP contribution is 2.11. The Balaban J connectivity index is 2.10. The van der Waals surface area contributed by atoms with Gasteiger partial charge in [-0.05, 0) is 33.3 Å². The second kappa shape index (κ2) is 8.34. The van der Waals surface area contributed by atoms with E-state index in [2.05, 4.69) is 10.6 Å². The summed E-state index contributed by atoms with van der Waals surface area (Å²) in [4.78, 5) is 27.0. The van der Waals surface area contributed by atoms with Crippen LogP contribution in [-0.2, 0) is 16.0 Å². The van der Waals surface area contributed by atoms with Crippen LogP contribution in [0.4, 0.5) is 4.79 Å². The number of nitrogens with one attached hydrogen (secondary N) is 2. The molecule has 2 atom stereocenters. The summed E-state index contributed by atoms with van der Waals surface area (Å²) >= 11 is 0. The van der Waals surface area contributed by atoms with Gasteiger partial charge in [0, 0.05) is 32.1 Å². The lowest BCUT2D eigenvalue weighted by Crippen LogP contribution is -2.57. The van der Waals surface area contributed by atoms with Gasteiger partial charge in [0.2, 0.25) is 5.91 Å². The SMILES string of the molecule is CC1CN(C(=O)C(Cc2ccccc2)NC(=O)OC(C)(C)C)CCN1. The van der Waals surface area contributed by atoms with Crippen molar-refractivity contribution < 1.29 is 14.3 Å². The zero-order valence-corrected chi connectivity index (χ0v) is 15.5. The average molecular weight is 347 g/mol. The van der Waals surface area contributed by atoms with Crippen molar-refractivity contribution in [3.8, 4) is 0 Å². The molecule has 1 aliphatic rings. The normalized spacial score (nSPS) is 19.2. The van der Waals surface area contributed by atoms with Crippen molar-refractivity contribution in [2.45, 2.75) is 51.8 Å². The van der Waals surface area contributed by atoms with Crippen molar-refractivity contribution in [2.75, 3.05) is 19.6 Å². The van der Waals surface area contributed by atoms with Crippen LogP contribution in [0.25, 0.3) is 0 Å². The van der Waals surface area contributed by atoms with Crippen molar-refractivity contribution in [1.29, 1.82) is 0 Å².